The van der Waals surface area contributed by atoms with Crippen molar-refractivity contribution in [3.8, 4) is 0 Å². The Morgan fingerprint density at radius 3 is 2.50 bits per heavy atom. The predicted molar refractivity (Wildman–Crippen MR) is 95.1 cm³/mol. The molecule has 5 heteroatoms. The zero-order chi connectivity index (χ0) is 17.7. The Labute approximate surface area is 143 Å². The molecule has 0 spiro atoms. The highest BCUT2D eigenvalue weighted by Gasteiger charge is 2.23. The van der Waals surface area contributed by atoms with Crippen LogP contribution in [0, 0.1) is 0 Å². The molecule has 1 aromatic heterocycles. The van der Waals surface area contributed by atoms with Gasteiger partial charge in [0, 0.05) is 30.3 Å². The van der Waals surface area contributed by atoms with Gasteiger partial charge in [-0.15, -0.1) is 0 Å². The van der Waals surface area contributed by atoms with Crippen molar-refractivity contribution in [2.75, 3.05) is 13.6 Å². The van der Waals surface area contributed by atoms with Crippen molar-refractivity contribution in [1.82, 2.24) is 14.7 Å². The van der Waals surface area contributed by atoms with Gasteiger partial charge in [0.25, 0.3) is 0 Å². The average Bonchev–Trinajstić information content (AvgIpc) is 2.89. The van der Waals surface area contributed by atoms with E-state index in [2.05, 4.69) is 39.1 Å². The van der Waals surface area contributed by atoms with Crippen LogP contribution in [0.25, 0.3) is 0 Å². The largest absolute Gasteiger partial charge is 0.481 e. The van der Waals surface area contributed by atoms with E-state index in [0.29, 0.717) is 13.1 Å². The molecule has 130 valence electrons. The lowest BCUT2D eigenvalue weighted by Crippen LogP contribution is -2.23. The van der Waals surface area contributed by atoms with Crippen molar-refractivity contribution < 1.29 is 9.90 Å². The fourth-order valence-corrected chi connectivity index (χ4v) is 2.72. The standard InChI is InChI=1S/C19H27N3O2/c1-19(2,3)18-16(13-21(4)11-10-17(23)24)14-22(20-18)12-15-8-6-5-7-9-15/h5-9,14H,10-13H2,1-4H3,(H,23,24). The van der Waals surface area contributed by atoms with E-state index in [-0.39, 0.29) is 11.8 Å². The number of carboxylic acid groups (broad SMARTS) is 1. The summed E-state index contributed by atoms with van der Waals surface area (Å²) in [4.78, 5) is 12.8. The third-order valence-electron chi connectivity index (χ3n) is 3.88. The van der Waals surface area contributed by atoms with Gasteiger partial charge in [-0.3, -0.25) is 9.48 Å². The molecule has 2 rings (SSSR count). The minimum atomic E-state index is -0.766. The second-order valence-corrected chi connectivity index (χ2v) is 7.32. The summed E-state index contributed by atoms with van der Waals surface area (Å²) in [6.07, 6.45) is 2.24. The molecule has 24 heavy (non-hydrogen) atoms. The molecule has 0 unspecified atom stereocenters. The Kier molecular flexibility index (Phi) is 5.78. The molecule has 0 amide bonds. The van der Waals surface area contributed by atoms with Gasteiger partial charge in [0.05, 0.1) is 18.7 Å². The van der Waals surface area contributed by atoms with Gasteiger partial charge < -0.3 is 10.0 Å². The molecule has 1 aromatic carbocycles. The molecule has 0 atom stereocenters. The van der Waals surface area contributed by atoms with Crippen LogP contribution in [-0.4, -0.2) is 39.3 Å². The number of carboxylic acids is 1. The van der Waals surface area contributed by atoms with E-state index in [1.165, 1.54) is 5.56 Å². The van der Waals surface area contributed by atoms with E-state index in [1.807, 2.05) is 34.8 Å². The van der Waals surface area contributed by atoms with Gasteiger partial charge in [0.1, 0.15) is 0 Å². The van der Waals surface area contributed by atoms with E-state index in [4.69, 9.17) is 10.2 Å². The minimum Gasteiger partial charge on any atom is -0.481 e. The minimum absolute atomic E-state index is 0.0507. The topological polar surface area (TPSA) is 58.4 Å². The number of rotatable bonds is 7. The first kappa shape index (κ1) is 18.2. The Morgan fingerprint density at radius 2 is 1.92 bits per heavy atom. The smallest absolute Gasteiger partial charge is 0.304 e. The number of nitrogens with zero attached hydrogens (tertiary/aromatic N) is 3. The molecule has 0 bridgehead atoms. The van der Waals surface area contributed by atoms with Crippen LogP contribution in [0.4, 0.5) is 0 Å². The van der Waals surface area contributed by atoms with Crippen molar-refractivity contribution in [3.05, 3.63) is 53.3 Å². The molecular formula is C19H27N3O2. The molecule has 5 nitrogen and oxygen atoms in total. The number of hydrogen-bond acceptors (Lipinski definition) is 3. The van der Waals surface area contributed by atoms with Gasteiger partial charge >= 0.3 is 5.97 Å². The Morgan fingerprint density at radius 1 is 1.25 bits per heavy atom. The molecular weight excluding hydrogens is 302 g/mol. The predicted octanol–water partition coefficient (Wildman–Crippen LogP) is 3.14. The van der Waals surface area contributed by atoms with Crippen molar-refractivity contribution in [2.45, 2.75) is 45.7 Å². The fraction of sp³-hybridized carbons (Fsp3) is 0.474. The number of hydrogen-bond donors (Lipinski definition) is 1. The summed E-state index contributed by atoms with van der Waals surface area (Å²) in [5, 5.41) is 13.6. The van der Waals surface area contributed by atoms with Crippen molar-refractivity contribution >= 4 is 5.97 Å². The molecule has 0 saturated carbocycles. The van der Waals surface area contributed by atoms with Gasteiger partial charge in [-0.05, 0) is 12.6 Å². The molecule has 0 fully saturated rings. The van der Waals surface area contributed by atoms with Crippen LogP contribution in [0.15, 0.2) is 36.5 Å². The summed E-state index contributed by atoms with van der Waals surface area (Å²) in [6.45, 7) is 8.44. The lowest BCUT2D eigenvalue weighted by molar-refractivity contribution is -0.137. The maximum Gasteiger partial charge on any atom is 0.304 e. The summed E-state index contributed by atoms with van der Waals surface area (Å²) in [7, 11) is 1.95. The monoisotopic (exact) mass is 329 g/mol. The third-order valence-corrected chi connectivity index (χ3v) is 3.88. The van der Waals surface area contributed by atoms with Crippen LogP contribution in [0.5, 0.6) is 0 Å². The van der Waals surface area contributed by atoms with Gasteiger partial charge in [-0.1, -0.05) is 51.1 Å². The zero-order valence-electron chi connectivity index (χ0n) is 15.0. The molecule has 0 saturated heterocycles. The third kappa shape index (κ3) is 5.20. The van der Waals surface area contributed by atoms with E-state index in [1.54, 1.807) is 0 Å². The SMILES string of the molecule is CN(CCC(=O)O)Cc1cn(Cc2ccccc2)nc1C(C)(C)C. The second-order valence-electron chi connectivity index (χ2n) is 7.32. The van der Waals surface area contributed by atoms with Crippen LogP contribution in [0.1, 0.15) is 44.0 Å². The Bertz CT molecular complexity index is 672. The summed E-state index contributed by atoms with van der Waals surface area (Å²) < 4.78 is 1.98. The lowest BCUT2D eigenvalue weighted by Gasteiger charge is -2.20. The van der Waals surface area contributed by atoms with Crippen LogP contribution in [0.3, 0.4) is 0 Å². The average molecular weight is 329 g/mol. The molecule has 0 radical (unpaired) electrons. The van der Waals surface area contributed by atoms with Crippen LogP contribution >= 0.6 is 0 Å². The Balaban J connectivity index is 2.17. The lowest BCUT2D eigenvalue weighted by atomic mass is 9.89. The van der Waals surface area contributed by atoms with E-state index >= 15 is 0 Å². The van der Waals surface area contributed by atoms with Crippen molar-refractivity contribution in [2.24, 2.45) is 0 Å². The van der Waals surface area contributed by atoms with Crippen molar-refractivity contribution in [1.29, 1.82) is 0 Å². The van der Waals surface area contributed by atoms with Crippen LogP contribution in [0.2, 0.25) is 0 Å². The van der Waals surface area contributed by atoms with Gasteiger partial charge in [-0.25, -0.2) is 0 Å². The second kappa shape index (κ2) is 7.62. The molecule has 1 heterocycles. The highest BCUT2D eigenvalue weighted by atomic mass is 16.4. The fourth-order valence-electron chi connectivity index (χ4n) is 2.72. The maximum atomic E-state index is 10.7. The normalized spacial score (nSPS) is 11.9. The summed E-state index contributed by atoms with van der Waals surface area (Å²) in [5.41, 5.74) is 3.39. The first-order valence-electron chi connectivity index (χ1n) is 8.27. The summed E-state index contributed by atoms with van der Waals surface area (Å²) in [6, 6.07) is 10.3. The highest BCUT2D eigenvalue weighted by molar-refractivity contribution is 5.66. The van der Waals surface area contributed by atoms with E-state index in [9.17, 15) is 4.79 Å². The first-order chi connectivity index (χ1) is 11.3. The number of aliphatic carboxylic acids is 1. The quantitative estimate of drug-likeness (QED) is 0.848. The number of aromatic nitrogens is 2. The number of carbonyl (C=O) groups is 1. The number of benzene rings is 1. The first-order valence-corrected chi connectivity index (χ1v) is 8.27. The molecule has 2 aromatic rings. The van der Waals surface area contributed by atoms with Gasteiger partial charge in [0.2, 0.25) is 0 Å². The van der Waals surface area contributed by atoms with E-state index in [0.717, 1.165) is 17.8 Å². The maximum absolute atomic E-state index is 10.7. The summed E-state index contributed by atoms with van der Waals surface area (Å²) in [5.74, 6) is -0.766. The molecule has 1 N–H and O–H groups in total. The van der Waals surface area contributed by atoms with Crippen molar-refractivity contribution in [3.63, 3.8) is 0 Å². The summed E-state index contributed by atoms with van der Waals surface area (Å²) >= 11 is 0. The van der Waals surface area contributed by atoms with Crippen LogP contribution < -0.4 is 0 Å². The molecule has 0 aliphatic heterocycles. The van der Waals surface area contributed by atoms with Crippen LogP contribution in [-0.2, 0) is 23.3 Å². The molecule has 0 aliphatic carbocycles. The highest BCUT2D eigenvalue weighted by Crippen LogP contribution is 2.25. The Hall–Kier alpha value is -2.14. The van der Waals surface area contributed by atoms with Gasteiger partial charge in [0.15, 0.2) is 0 Å². The zero-order valence-corrected chi connectivity index (χ0v) is 15.0. The van der Waals surface area contributed by atoms with Gasteiger partial charge in [-0.2, -0.15) is 5.10 Å². The van der Waals surface area contributed by atoms with E-state index < -0.39 is 5.97 Å². The molecule has 0 aliphatic rings.